The number of alkyl carbamates (subject to hydrolysis) is 1. The molecule has 25 heavy (non-hydrogen) atoms. The molecule has 0 heterocycles. The van der Waals surface area contributed by atoms with Gasteiger partial charge in [-0.05, 0) is 63.4 Å². The molecule has 0 aromatic heterocycles. The smallest absolute Gasteiger partial charge is 0.408 e. The van der Waals surface area contributed by atoms with Crippen molar-refractivity contribution in [3.05, 3.63) is 34.4 Å². The van der Waals surface area contributed by atoms with Crippen LogP contribution in [0.4, 0.5) is 4.79 Å². The highest BCUT2D eigenvalue weighted by Gasteiger charge is 2.25. The quantitative estimate of drug-likeness (QED) is 0.755. The number of aryl methyl sites for hydroxylation is 2. The topological polar surface area (TPSA) is 105 Å². The Morgan fingerprint density at radius 3 is 2.08 bits per heavy atom. The van der Waals surface area contributed by atoms with Crippen LogP contribution in [-0.4, -0.2) is 41.8 Å². The van der Waals surface area contributed by atoms with E-state index in [-0.39, 0.29) is 12.3 Å². The molecule has 1 aromatic carbocycles. The largest absolute Gasteiger partial charge is 0.480 e. The summed E-state index contributed by atoms with van der Waals surface area (Å²) >= 11 is 0. The van der Waals surface area contributed by atoms with Crippen molar-refractivity contribution in [2.24, 2.45) is 0 Å². The molecule has 2 amide bonds. The highest BCUT2D eigenvalue weighted by Crippen LogP contribution is 2.19. The van der Waals surface area contributed by atoms with Gasteiger partial charge in [-0.3, -0.25) is 4.79 Å². The average Bonchev–Trinajstić information content (AvgIpc) is 2.46. The Balaban J connectivity index is 3.01. The lowest BCUT2D eigenvalue weighted by atomic mass is 9.94. The molecule has 0 spiro atoms. The Bertz CT molecular complexity index is 654. The van der Waals surface area contributed by atoms with Crippen LogP contribution in [0.5, 0.6) is 0 Å². The second-order valence-corrected chi connectivity index (χ2v) is 6.91. The molecule has 0 bridgehead atoms. The van der Waals surface area contributed by atoms with Gasteiger partial charge in [0.2, 0.25) is 0 Å². The third-order valence-corrected chi connectivity index (χ3v) is 3.58. The molecule has 0 radical (unpaired) electrons. The Hall–Kier alpha value is -2.57. The normalized spacial score (nSPS) is 12.2. The van der Waals surface area contributed by atoms with Gasteiger partial charge in [-0.2, -0.15) is 0 Å². The maximum absolute atomic E-state index is 11.9. The monoisotopic (exact) mass is 350 g/mol. The number of carbonyl (C=O) groups is 3. The van der Waals surface area contributed by atoms with Gasteiger partial charge in [0.05, 0.1) is 0 Å². The van der Waals surface area contributed by atoms with Crippen molar-refractivity contribution in [1.82, 2.24) is 10.6 Å². The molecule has 1 unspecified atom stereocenters. The van der Waals surface area contributed by atoms with Crippen molar-refractivity contribution < 1.29 is 24.2 Å². The molecule has 1 aromatic rings. The summed E-state index contributed by atoms with van der Waals surface area (Å²) < 4.78 is 5.12. The fourth-order valence-corrected chi connectivity index (χ4v) is 2.44. The van der Waals surface area contributed by atoms with E-state index in [9.17, 15) is 19.5 Å². The average molecular weight is 350 g/mol. The number of nitrogens with one attached hydrogen (secondary N) is 2. The standard InChI is InChI=1S/C18H26N2O5/c1-10-7-12(15(21)19-6)8-11(2)13(10)9-14(16(22)23)20-17(24)25-18(3,4)5/h7-8,14H,9H2,1-6H3,(H,19,21)(H,20,24)(H,22,23). The number of amides is 2. The van der Waals surface area contributed by atoms with Gasteiger partial charge in [-0.25, -0.2) is 9.59 Å². The highest BCUT2D eigenvalue weighted by molar-refractivity contribution is 5.94. The maximum atomic E-state index is 11.9. The van der Waals surface area contributed by atoms with E-state index in [0.717, 1.165) is 16.7 Å². The van der Waals surface area contributed by atoms with Crippen LogP contribution < -0.4 is 10.6 Å². The minimum Gasteiger partial charge on any atom is -0.480 e. The van der Waals surface area contributed by atoms with Gasteiger partial charge in [-0.15, -0.1) is 0 Å². The molecule has 0 fully saturated rings. The maximum Gasteiger partial charge on any atom is 0.408 e. The number of ether oxygens (including phenoxy) is 1. The first-order valence-electron chi connectivity index (χ1n) is 7.99. The molecule has 0 aliphatic carbocycles. The van der Waals surface area contributed by atoms with Crippen molar-refractivity contribution >= 4 is 18.0 Å². The summed E-state index contributed by atoms with van der Waals surface area (Å²) in [5.74, 6) is -1.36. The van der Waals surface area contributed by atoms with Crippen molar-refractivity contribution in [1.29, 1.82) is 0 Å². The Morgan fingerprint density at radius 1 is 1.16 bits per heavy atom. The van der Waals surface area contributed by atoms with Gasteiger partial charge in [0.25, 0.3) is 5.91 Å². The number of rotatable bonds is 5. The highest BCUT2D eigenvalue weighted by atomic mass is 16.6. The zero-order valence-corrected chi connectivity index (χ0v) is 15.5. The number of hydrogen-bond donors (Lipinski definition) is 3. The van der Waals surface area contributed by atoms with E-state index in [0.29, 0.717) is 5.56 Å². The van der Waals surface area contributed by atoms with E-state index < -0.39 is 23.7 Å². The zero-order chi connectivity index (χ0) is 19.4. The van der Waals surface area contributed by atoms with Gasteiger partial charge in [-0.1, -0.05) is 0 Å². The predicted molar refractivity (Wildman–Crippen MR) is 93.8 cm³/mol. The van der Waals surface area contributed by atoms with Crippen LogP contribution in [0.25, 0.3) is 0 Å². The second kappa shape index (κ2) is 8.00. The molecule has 0 saturated carbocycles. The van der Waals surface area contributed by atoms with Gasteiger partial charge < -0.3 is 20.5 Å². The van der Waals surface area contributed by atoms with E-state index in [4.69, 9.17) is 4.74 Å². The molecular weight excluding hydrogens is 324 g/mol. The summed E-state index contributed by atoms with van der Waals surface area (Å²) in [4.78, 5) is 35.1. The Morgan fingerprint density at radius 2 is 1.68 bits per heavy atom. The van der Waals surface area contributed by atoms with Crippen LogP contribution in [0.2, 0.25) is 0 Å². The van der Waals surface area contributed by atoms with Crippen LogP contribution in [0.15, 0.2) is 12.1 Å². The van der Waals surface area contributed by atoms with E-state index >= 15 is 0 Å². The lowest BCUT2D eigenvalue weighted by Crippen LogP contribution is -2.44. The summed E-state index contributed by atoms with van der Waals surface area (Å²) in [7, 11) is 1.55. The lowest BCUT2D eigenvalue weighted by Gasteiger charge is -2.23. The van der Waals surface area contributed by atoms with Gasteiger partial charge in [0.1, 0.15) is 11.6 Å². The number of carbonyl (C=O) groups excluding carboxylic acids is 2. The van der Waals surface area contributed by atoms with Crippen LogP contribution in [-0.2, 0) is 16.0 Å². The molecule has 0 aliphatic heterocycles. The van der Waals surface area contributed by atoms with E-state index in [1.54, 1.807) is 53.8 Å². The molecule has 1 atom stereocenters. The fourth-order valence-electron chi connectivity index (χ4n) is 2.44. The first-order valence-corrected chi connectivity index (χ1v) is 7.99. The summed E-state index contributed by atoms with van der Waals surface area (Å²) in [5.41, 5.74) is 2.14. The second-order valence-electron chi connectivity index (χ2n) is 6.91. The van der Waals surface area contributed by atoms with Crippen molar-refractivity contribution in [2.45, 2.75) is 52.7 Å². The molecule has 3 N–H and O–H groups in total. The third-order valence-electron chi connectivity index (χ3n) is 3.58. The summed E-state index contributed by atoms with van der Waals surface area (Å²) in [6.45, 7) is 8.72. The molecule has 7 nitrogen and oxygen atoms in total. The molecule has 7 heteroatoms. The number of hydrogen-bond acceptors (Lipinski definition) is 4. The molecular formula is C18H26N2O5. The van der Waals surface area contributed by atoms with Crippen molar-refractivity contribution in [3.63, 3.8) is 0 Å². The Labute approximate surface area is 147 Å². The summed E-state index contributed by atoms with van der Waals surface area (Å²) in [6.07, 6.45) is -0.683. The number of carboxylic acids is 1. The Kier molecular flexibility index (Phi) is 6.55. The number of aliphatic carboxylic acids is 1. The van der Waals surface area contributed by atoms with E-state index in [1.165, 1.54) is 0 Å². The first-order chi connectivity index (χ1) is 11.4. The first kappa shape index (κ1) is 20.5. The van der Waals surface area contributed by atoms with Gasteiger partial charge in [0, 0.05) is 19.0 Å². The number of benzene rings is 1. The number of carboxylic acid groups (broad SMARTS) is 1. The summed E-state index contributed by atoms with van der Waals surface area (Å²) in [5, 5.41) is 14.3. The van der Waals surface area contributed by atoms with Crippen LogP contribution in [0, 0.1) is 13.8 Å². The van der Waals surface area contributed by atoms with E-state index in [1.807, 2.05) is 0 Å². The lowest BCUT2D eigenvalue weighted by molar-refractivity contribution is -0.139. The SMILES string of the molecule is CNC(=O)c1cc(C)c(CC(NC(=O)OC(C)(C)C)C(=O)O)c(C)c1. The predicted octanol–water partition coefficient (Wildman–Crippen LogP) is 2.18. The van der Waals surface area contributed by atoms with Crippen molar-refractivity contribution in [3.8, 4) is 0 Å². The molecule has 0 saturated heterocycles. The van der Waals surface area contributed by atoms with Gasteiger partial charge in [0.15, 0.2) is 0 Å². The third kappa shape index (κ3) is 6.10. The molecule has 138 valence electrons. The zero-order valence-electron chi connectivity index (χ0n) is 15.5. The van der Waals surface area contributed by atoms with Crippen molar-refractivity contribution in [2.75, 3.05) is 7.05 Å². The van der Waals surface area contributed by atoms with Crippen LogP contribution in [0.1, 0.15) is 47.8 Å². The summed E-state index contributed by atoms with van der Waals surface area (Å²) in [6, 6.07) is 2.28. The minimum absolute atomic E-state index is 0.0975. The minimum atomic E-state index is -1.15. The van der Waals surface area contributed by atoms with Gasteiger partial charge >= 0.3 is 12.1 Å². The van der Waals surface area contributed by atoms with Crippen LogP contribution in [0.3, 0.4) is 0 Å². The fraction of sp³-hybridized carbons (Fsp3) is 0.500. The molecule has 0 aliphatic rings. The van der Waals surface area contributed by atoms with Crippen LogP contribution >= 0.6 is 0 Å². The van der Waals surface area contributed by atoms with E-state index in [2.05, 4.69) is 10.6 Å². The molecule has 1 rings (SSSR count).